The van der Waals surface area contributed by atoms with Crippen LogP contribution >= 0.6 is 15.9 Å². The Hall–Kier alpha value is -1.03. The zero-order chi connectivity index (χ0) is 15.3. The zero-order valence-corrected chi connectivity index (χ0v) is 14.4. The van der Waals surface area contributed by atoms with Crippen molar-refractivity contribution in [2.24, 2.45) is 5.92 Å². The lowest BCUT2D eigenvalue weighted by Crippen LogP contribution is -2.42. The van der Waals surface area contributed by atoms with Crippen molar-refractivity contribution in [3.63, 3.8) is 0 Å². The number of rotatable bonds is 6. The molecule has 112 valence electrons. The van der Waals surface area contributed by atoms with E-state index in [9.17, 15) is 4.79 Å². The molecule has 3 nitrogen and oxygen atoms in total. The number of halogens is 1. The van der Waals surface area contributed by atoms with E-state index in [0.29, 0.717) is 21.6 Å². The van der Waals surface area contributed by atoms with Gasteiger partial charge in [0.25, 0.3) is 5.91 Å². The molecule has 0 bridgehead atoms. The average Bonchev–Trinajstić information content (AvgIpc) is 2.41. The fraction of sp³-hybridized carbons (Fsp3) is 0.562. The fourth-order valence-electron chi connectivity index (χ4n) is 2.39. The minimum Gasteiger partial charge on any atom is -0.398 e. The molecule has 0 spiro atoms. The Labute approximate surface area is 130 Å². The molecular formula is C16H25BrN2O. The summed E-state index contributed by atoms with van der Waals surface area (Å²) in [5.41, 5.74) is 7.14. The molecule has 20 heavy (non-hydrogen) atoms. The molecule has 0 radical (unpaired) electrons. The fourth-order valence-corrected chi connectivity index (χ4v) is 2.82. The number of carbonyl (C=O) groups is 1. The van der Waals surface area contributed by atoms with Crippen LogP contribution in [0.1, 0.15) is 50.9 Å². The van der Waals surface area contributed by atoms with E-state index in [0.717, 1.165) is 19.4 Å². The Morgan fingerprint density at radius 3 is 2.40 bits per heavy atom. The number of amides is 1. The van der Waals surface area contributed by atoms with Crippen molar-refractivity contribution in [1.29, 1.82) is 0 Å². The molecule has 0 unspecified atom stereocenters. The second kappa shape index (κ2) is 7.67. The summed E-state index contributed by atoms with van der Waals surface area (Å²) < 4.78 is 0.699. The minimum absolute atomic E-state index is 0.0616. The van der Waals surface area contributed by atoms with Crippen LogP contribution in [0.15, 0.2) is 22.7 Å². The minimum atomic E-state index is 0.0616. The first-order valence-electron chi connectivity index (χ1n) is 7.27. The maximum absolute atomic E-state index is 12.9. The first-order valence-corrected chi connectivity index (χ1v) is 8.06. The molecule has 0 atom stereocenters. The van der Waals surface area contributed by atoms with Gasteiger partial charge in [-0.05, 0) is 46.8 Å². The monoisotopic (exact) mass is 340 g/mol. The number of nitrogens with two attached hydrogens (primary N) is 1. The summed E-state index contributed by atoms with van der Waals surface area (Å²) in [6.07, 6.45) is 1.93. The lowest BCUT2D eigenvalue weighted by molar-refractivity contribution is 0.0639. The molecular weight excluding hydrogens is 316 g/mol. The van der Waals surface area contributed by atoms with E-state index in [-0.39, 0.29) is 11.9 Å². The highest BCUT2D eigenvalue weighted by molar-refractivity contribution is 9.10. The first-order chi connectivity index (χ1) is 9.42. The summed E-state index contributed by atoms with van der Waals surface area (Å²) in [6, 6.07) is 5.73. The van der Waals surface area contributed by atoms with Gasteiger partial charge in [0, 0.05) is 18.3 Å². The van der Waals surface area contributed by atoms with E-state index < -0.39 is 0 Å². The van der Waals surface area contributed by atoms with Gasteiger partial charge < -0.3 is 10.6 Å². The molecule has 0 fully saturated rings. The predicted octanol–water partition coefficient (Wildman–Crippen LogP) is 4.32. The maximum atomic E-state index is 12.9. The van der Waals surface area contributed by atoms with E-state index in [2.05, 4.69) is 43.6 Å². The SMILES string of the molecule is CCC(CC)N(CC(C)C)C(=O)c1cccc(N)c1Br. The molecule has 4 heteroatoms. The van der Waals surface area contributed by atoms with Gasteiger partial charge in [0.15, 0.2) is 0 Å². The van der Waals surface area contributed by atoms with Crippen LogP contribution in [0.2, 0.25) is 0 Å². The van der Waals surface area contributed by atoms with Crippen molar-refractivity contribution in [3.05, 3.63) is 28.2 Å². The maximum Gasteiger partial charge on any atom is 0.255 e. The molecule has 1 amide bonds. The van der Waals surface area contributed by atoms with Crippen LogP contribution in [0.5, 0.6) is 0 Å². The summed E-state index contributed by atoms with van der Waals surface area (Å²) in [6.45, 7) is 9.30. The third-order valence-electron chi connectivity index (χ3n) is 3.46. The number of nitrogens with zero attached hydrogens (tertiary/aromatic N) is 1. The van der Waals surface area contributed by atoms with Crippen LogP contribution < -0.4 is 5.73 Å². The number of hydrogen-bond acceptors (Lipinski definition) is 2. The molecule has 1 aromatic carbocycles. The zero-order valence-electron chi connectivity index (χ0n) is 12.8. The summed E-state index contributed by atoms with van der Waals surface area (Å²) in [4.78, 5) is 14.8. The highest BCUT2D eigenvalue weighted by Gasteiger charge is 2.25. The Morgan fingerprint density at radius 1 is 1.30 bits per heavy atom. The number of carbonyl (C=O) groups excluding carboxylic acids is 1. The Kier molecular flexibility index (Phi) is 6.53. The number of anilines is 1. The van der Waals surface area contributed by atoms with Crippen LogP contribution in [-0.2, 0) is 0 Å². The van der Waals surface area contributed by atoms with Gasteiger partial charge in [0.1, 0.15) is 0 Å². The second-order valence-electron chi connectivity index (χ2n) is 5.53. The van der Waals surface area contributed by atoms with Crippen LogP contribution in [0.25, 0.3) is 0 Å². The topological polar surface area (TPSA) is 46.3 Å². The lowest BCUT2D eigenvalue weighted by Gasteiger charge is -2.32. The largest absolute Gasteiger partial charge is 0.398 e. The predicted molar refractivity (Wildman–Crippen MR) is 88.8 cm³/mol. The van der Waals surface area contributed by atoms with Crippen LogP contribution in [0.4, 0.5) is 5.69 Å². The van der Waals surface area contributed by atoms with Gasteiger partial charge in [-0.3, -0.25) is 4.79 Å². The summed E-state index contributed by atoms with van der Waals surface area (Å²) in [5.74, 6) is 0.506. The molecule has 1 aromatic rings. The van der Waals surface area contributed by atoms with E-state index in [1.165, 1.54) is 0 Å². The van der Waals surface area contributed by atoms with Crippen molar-refractivity contribution >= 4 is 27.5 Å². The molecule has 1 rings (SSSR count). The molecule has 0 saturated carbocycles. The Balaban J connectivity index is 3.12. The number of benzene rings is 1. The molecule has 2 N–H and O–H groups in total. The van der Waals surface area contributed by atoms with E-state index in [1.54, 1.807) is 6.07 Å². The van der Waals surface area contributed by atoms with Crippen molar-refractivity contribution in [2.75, 3.05) is 12.3 Å². The normalized spacial score (nSPS) is 11.2. The van der Waals surface area contributed by atoms with E-state index >= 15 is 0 Å². The van der Waals surface area contributed by atoms with Crippen LogP contribution in [-0.4, -0.2) is 23.4 Å². The quantitative estimate of drug-likeness (QED) is 0.784. The van der Waals surface area contributed by atoms with Crippen LogP contribution in [0, 0.1) is 5.92 Å². The second-order valence-corrected chi connectivity index (χ2v) is 6.32. The van der Waals surface area contributed by atoms with Crippen molar-refractivity contribution in [1.82, 2.24) is 4.90 Å². The molecule has 0 aliphatic heterocycles. The van der Waals surface area contributed by atoms with Gasteiger partial charge in [-0.15, -0.1) is 0 Å². The van der Waals surface area contributed by atoms with Crippen LogP contribution in [0.3, 0.4) is 0 Å². The number of hydrogen-bond donors (Lipinski definition) is 1. The summed E-state index contributed by atoms with van der Waals surface area (Å²) in [7, 11) is 0. The molecule has 0 heterocycles. The van der Waals surface area contributed by atoms with Gasteiger partial charge in [0.2, 0.25) is 0 Å². The molecule has 0 aromatic heterocycles. The third-order valence-corrected chi connectivity index (χ3v) is 4.35. The van der Waals surface area contributed by atoms with Crippen molar-refractivity contribution in [3.8, 4) is 0 Å². The molecule has 0 aliphatic carbocycles. The third kappa shape index (κ3) is 3.98. The van der Waals surface area contributed by atoms with Crippen molar-refractivity contribution in [2.45, 2.75) is 46.6 Å². The van der Waals surface area contributed by atoms with Gasteiger partial charge in [0.05, 0.1) is 10.0 Å². The van der Waals surface area contributed by atoms with Crippen molar-refractivity contribution < 1.29 is 4.79 Å². The molecule has 0 saturated heterocycles. The van der Waals surface area contributed by atoms with E-state index in [4.69, 9.17) is 5.73 Å². The lowest BCUT2D eigenvalue weighted by atomic mass is 10.0. The van der Waals surface area contributed by atoms with Gasteiger partial charge in [-0.1, -0.05) is 33.8 Å². The van der Waals surface area contributed by atoms with Gasteiger partial charge in [-0.25, -0.2) is 0 Å². The van der Waals surface area contributed by atoms with E-state index in [1.807, 2.05) is 17.0 Å². The highest BCUT2D eigenvalue weighted by Crippen LogP contribution is 2.26. The Morgan fingerprint density at radius 2 is 1.90 bits per heavy atom. The summed E-state index contributed by atoms with van der Waals surface area (Å²) in [5, 5.41) is 0. The highest BCUT2D eigenvalue weighted by atomic mass is 79.9. The first kappa shape index (κ1) is 17.0. The smallest absolute Gasteiger partial charge is 0.255 e. The van der Waals surface area contributed by atoms with Gasteiger partial charge in [-0.2, -0.15) is 0 Å². The Bertz CT molecular complexity index is 456. The summed E-state index contributed by atoms with van der Waals surface area (Å²) >= 11 is 3.44. The average molecular weight is 341 g/mol. The standard InChI is InChI=1S/C16H25BrN2O/c1-5-12(6-2)19(10-11(3)4)16(20)13-8-7-9-14(18)15(13)17/h7-9,11-12H,5-6,10,18H2,1-4H3. The molecule has 0 aliphatic rings. The van der Waals surface area contributed by atoms with Gasteiger partial charge >= 0.3 is 0 Å². The number of nitrogen functional groups attached to an aromatic ring is 1.